The van der Waals surface area contributed by atoms with Crippen LogP contribution in [0.15, 0.2) is 66.9 Å². The number of rotatable bonds is 5. The van der Waals surface area contributed by atoms with Crippen molar-refractivity contribution in [3.63, 3.8) is 0 Å². The Kier molecular flexibility index (Phi) is 4.66. The monoisotopic (exact) mass is 355 g/mol. The quantitative estimate of drug-likeness (QED) is 0.541. The zero-order valence-corrected chi connectivity index (χ0v) is 15.4. The van der Waals surface area contributed by atoms with E-state index >= 15 is 0 Å². The molecular formula is C22H21N5. The first-order valence-corrected chi connectivity index (χ1v) is 8.94. The van der Waals surface area contributed by atoms with Crippen LogP contribution in [0.2, 0.25) is 0 Å². The summed E-state index contributed by atoms with van der Waals surface area (Å²) in [5.74, 6) is 0.600. The number of H-pyrrole nitrogens is 1. The van der Waals surface area contributed by atoms with Crippen molar-refractivity contribution in [1.82, 2.24) is 20.2 Å². The largest absolute Gasteiger partial charge is 0.348 e. The van der Waals surface area contributed by atoms with Crippen molar-refractivity contribution >= 4 is 5.95 Å². The van der Waals surface area contributed by atoms with E-state index in [1.165, 1.54) is 5.56 Å². The van der Waals surface area contributed by atoms with Gasteiger partial charge in [-0.05, 0) is 36.6 Å². The highest BCUT2D eigenvalue weighted by Gasteiger charge is 2.09. The van der Waals surface area contributed by atoms with E-state index in [4.69, 9.17) is 4.98 Å². The molecule has 2 N–H and O–H groups in total. The van der Waals surface area contributed by atoms with Crippen LogP contribution >= 0.6 is 0 Å². The van der Waals surface area contributed by atoms with Crippen LogP contribution in [0, 0.1) is 13.8 Å². The lowest BCUT2D eigenvalue weighted by atomic mass is 10.0. The summed E-state index contributed by atoms with van der Waals surface area (Å²) in [7, 11) is 0. The van der Waals surface area contributed by atoms with Crippen LogP contribution in [0.1, 0.15) is 16.8 Å². The van der Waals surface area contributed by atoms with Crippen LogP contribution in [0.4, 0.5) is 5.95 Å². The van der Waals surface area contributed by atoms with Crippen LogP contribution in [-0.2, 0) is 6.54 Å². The second-order valence-corrected chi connectivity index (χ2v) is 6.53. The van der Waals surface area contributed by atoms with Crippen LogP contribution in [0.5, 0.6) is 0 Å². The topological polar surface area (TPSA) is 66.5 Å². The summed E-state index contributed by atoms with van der Waals surface area (Å²) in [6.45, 7) is 4.68. The molecular weight excluding hydrogens is 334 g/mol. The maximum absolute atomic E-state index is 4.72. The molecule has 5 nitrogen and oxygen atoms in total. The highest BCUT2D eigenvalue weighted by molar-refractivity contribution is 5.67. The average Bonchev–Trinajstić information content (AvgIpc) is 3.18. The van der Waals surface area contributed by atoms with Gasteiger partial charge in [0.2, 0.25) is 5.95 Å². The fraction of sp³-hybridized carbons (Fsp3) is 0.136. The average molecular weight is 355 g/mol. The Morgan fingerprint density at radius 3 is 2.52 bits per heavy atom. The summed E-state index contributed by atoms with van der Waals surface area (Å²) in [4.78, 5) is 9.14. The molecule has 2 aromatic carbocycles. The Balaban J connectivity index is 1.52. The Bertz CT molecular complexity index is 1050. The smallest absolute Gasteiger partial charge is 0.223 e. The van der Waals surface area contributed by atoms with Crippen molar-refractivity contribution < 1.29 is 0 Å². The minimum Gasteiger partial charge on any atom is -0.348 e. The van der Waals surface area contributed by atoms with Crippen molar-refractivity contribution in [2.45, 2.75) is 20.4 Å². The van der Waals surface area contributed by atoms with Crippen molar-refractivity contribution in [3.05, 3.63) is 83.7 Å². The number of nitrogens with zero attached hydrogens (tertiary/aromatic N) is 3. The van der Waals surface area contributed by atoms with Crippen molar-refractivity contribution in [2.75, 3.05) is 5.32 Å². The minimum absolute atomic E-state index is 0.555. The lowest BCUT2D eigenvalue weighted by molar-refractivity contribution is 0.961. The van der Waals surface area contributed by atoms with Gasteiger partial charge in [0.1, 0.15) is 0 Å². The first-order valence-electron chi connectivity index (χ1n) is 8.94. The number of hydrogen-bond donors (Lipinski definition) is 2. The van der Waals surface area contributed by atoms with Crippen LogP contribution < -0.4 is 5.32 Å². The molecule has 0 amide bonds. The van der Waals surface area contributed by atoms with Gasteiger partial charge in [0, 0.05) is 11.8 Å². The van der Waals surface area contributed by atoms with Crippen LogP contribution in [0.3, 0.4) is 0 Å². The van der Waals surface area contributed by atoms with E-state index in [0.717, 1.165) is 33.8 Å². The van der Waals surface area contributed by atoms with Crippen molar-refractivity contribution in [2.24, 2.45) is 0 Å². The standard InChI is InChI=1S/C22H21N5/c1-15-8-6-7-11-19(15)21-16(2)13-23-22(25-21)24-14-18-12-20(27-26-18)17-9-4-3-5-10-17/h3-13H,14H2,1-2H3,(H,26,27)(H,23,24,25). The Labute approximate surface area is 158 Å². The van der Waals surface area contributed by atoms with E-state index in [0.29, 0.717) is 12.5 Å². The fourth-order valence-electron chi connectivity index (χ4n) is 3.03. The Hall–Kier alpha value is -3.47. The van der Waals surface area contributed by atoms with Gasteiger partial charge in [-0.1, -0.05) is 54.6 Å². The molecule has 0 saturated heterocycles. The van der Waals surface area contributed by atoms with Crippen LogP contribution in [-0.4, -0.2) is 20.2 Å². The van der Waals surface area contributed by atoms with Crippen molar-refractivity contribution in [1.29, 1.82) is 0 Å². The number of anilines is 1. The molecule has 4 aromatic rings. The maximum Gasteiger partial charge on any atom is 0.223 e. The number of aromatic nitrogens is 4. The molecule has 0 saturated carbocycles. The molecule has 4 rings (SSSR count). The molecule has 0 aliphatic heterocycles. The molecule has 27 heavy (non-hydrogen) atoms. The van der Waals surface area contributed by atoms with Gasteiger partial charge in [-0.3, -0.25) is 5.10 Å². The molecule has 0 fully saturated rings. The number of aromatic amines is 1. The predicted molar refractivity (Wildman–Crippen MR) is 108 cm³/mol. The molecule has 2 heterocycles. The van der Waals surface area contributed by atoms with E-state index in [-0.39, 0.29) is 0 Å². The molecule has 0 bridgehead atoms. The zero-order chi connectivity index (χ0) is 18.6. The lowest BCUT2D eigenvalue weighted by Gasteiger charge is -2.10. The van der Waals surface area contributed by atoms with Gasteiger partial charge in [0.15, 0.2) is 0 Å². The molecule has 0 spiro atoms. The summed E-state index contributed by atoms with van der Waals surface area (Å²) in [5.41, 5.74) is 7.37. The van der Waals surface area contributed by atoms with Gasteiger partial charge in [0.05, 0.1) is 23.6 Å². The first kappa shape index (κ1) is 17.0. The summed E-state index contributed by atoms with van der Waals surface area (Å²) in [5, 5.41) is 10.7. The number of hydrogen-bond acceptors (Lipinski definition) is 4. The molecule has 0 atom stereocenters. The fourth-order valence-corrected chi connectivity index (χ4v) is 3.03. The third kappa shape index (κ3) is 3.72. The molecule has 0 aliphatic rings. The van der Waals surface area contributed by atoms with Gasteiger partial charge >= 0.3 is 0 Å². The molecule has 134 valence electrons. The molecule has 5 heteroatoms. The van der Waals surface area contributed by atoms with Gasteiger partial charge in [-0.2, -0.15) is 5.10 Å². The first-order chi connectivity index (χ1) is 13.2. The molecule has 0 radical (unpaired) electrons. The number of nitrogens with one attached hydrogen (secondary N) is 2. The second-order valence-electron chi connectivity index (χ2n) is 6.53. The molecule has 0 unspecified atom stereocenters. The normalized spacial score (nSPS) is 10.7. The summed E-state index contributed by atoms with van der Waals surface area (Å²) in [6.07, 6.45) is 1.86. The Morgan fingerprint density at radius 1 is 0.926 bits per heavy atom. The summed E-state index contributed by atoms with van der Waals surface area (Å²) in [6, 6.07) is 20.4. The van der Waals surface area contributed by atoms with E-state index < -0.39 is 0 Å². The lowest BCUT2D eigenvalue weighted by Crippen LogP contribution is -2.05. The highest BCUT2D eigenvalue weighted by Crippen LogP contribution is 2.25. The zero-order valence-electron chi connectivity index (χ0n) is 15.4. The number of aryl methyl sites for hydroxylation is 2. The van der Waals surface area contributed by atoms with Gasteiger partial charge in [-0.25, -0.2) is 9.97 Å². The highest BCUT2D eigenvalue weighted by atomic mass is 15.2. The van der Waals surface area contributed by atoms with Gasteiger partial charge in [-0.15, -0.1) is 0 Å². The van der Waals surface area contributed by atoms with E-state index in [1.54, 1.807) is 0 Å². The second kappa shape index (κ2) is 7.41. The van der Waals surface area contributed by atoms with E-state index in [1.807, 2.05) is 49.5 Å². The third-order valence-electron chi connectivity index (χ3n) is 4.52. The summed E-state index contributed by atoms with van der Waals surface area (Å²) >= 11 is 0. The summed E-state index contributed by atoms with van der Waals surface area (Å²) < 4.78 is 0. The number of benzene rings is 2. The van der Waals surface area contributed by atoms with E-state index in [2.05, 4.69) is 51.7 Å². The third-order valence-corrected chi connectivity index (χ3v) is 4.52. The predicted octanol–water partition coefficient (Wildman–Crippen LogP) is 4.76. The molecule has 0 aliphatic carbocycles. The van der Waals surface area contributed by atoms with E-state index in [9.17, 15) is 0 Å². The van der Waals surface area contributed by atoms with Gasteiger partial charge in [0.25, 0.3) is 0 Å². The SMILES string of the molecule is Cc1ccccc1-c1nc(NCc2cc(-c3ccccc3)[nH]n2)ncc1C. The van der Waals surface area contributed by atoms with Crippen molar-refractivity contribution in [3.8, 4) is 22.5 Å². The Morgan fingerprint density at radius 2 is 1.70 bits per heavy atom. The minimum atomic E-state index is 0.555. The maximum atomic E-state index is 4.72. The molecule has 2 aromatic heterocycles. The van der Waals surface area contributed by atoms with Crippen LogP contribution in [0.25, 0.3) is 22.5 Å². The van der Waals surface area contributed by atoms with Gasteiger partial charge < -0.3 is 5.32 Å².